The number of hydrogen-bond acceptors (Lipinski definition) is 5. The molecule has 66 valence electrons. The summed E-state index contributed by atoms with van der Waals surface area (Å²) in [5, 5.41) is 8.74. The Morgan fingerprint density at radius 3 is 2.58 bits per heavy atom. The molecule has 0 fully saturated rings. The number of carbonyl (C=O) groups is 1. The van der Waals surface area contributed by atoms with E-state index < -0.39 is 5.41 Å². The van der Waals surface area contributed by atoms with E-state index in [1.165, 1.54) is 18.4 Å². The zero-order chi connectivity index (χ0) is 9.19. The molecule has 0 aromatic carbocycles. The van der Waals surface area contributed by atoms with Crippen LogP contribution in [0.2, 0.25) is 0 Å². The first kappa shape index (κ1) is 9.12. The van der Waals surface area contributed by atoms with Gasteiger partial charge in [0.1, 0.15) is 11.3 Å². The molecule has 0 saturated heterocycles. The third-order valence-electron chi connectivity index (χ3n) is 1.43. The van der Waals surface area contributed by atoms with Crippen LogP contribution in [0.15, 0.2) is 0 Å². The molecule has 0 radical (unpaired) electrons. The van der Waals surface area contributed by atoms with Crippen molar-refractivity contribution in [2.45, 2.75) is 19.3 Å². The van der Waals surface area contributed by atoms with Crippen LogP contribution in [-0.4, -0.2) is 23.6 Å². The van der Waals surface area contributed by atoms with Gasteiger partial charge in [-0.2, -0.15) is 0 Å². The second-order valence-electron chi connectivity index (χ2n) is 2.92. The van der Waals surface area contributed by atoms with Crippen LogP contribution < -0.4 is 4.74 Å². The van der Waals surface area contributed by atoms with E-state index >= 15 is 0 Å². The van der Waals surface area contributed by atoms with Crippen molar-refractivity contribution in [1.29, 1.82) is 0 Å². The number of aromatic nitrogens is 2. The van der Waals surface area contributed by atoms with Crippen molar-refractivity contribution >= 4 is 17.6 Å². The summed E-state index contributed by atoms with van der Waals surface area (Å²) in [6.45, 7) is 3.58. The van der Waals surface area contributed by atoms with Gasteiger partial charge in [-0.3, -0.25) is 0 Å². The molecule has 0 atom stereocenters. The molecule has 0 aliphatic rings. The predicted molar refractivity (Wildman–Crippen MR) is 45.6 cm³/mol. The Kier molecular flexibility index (Phi) is 2.42. The van der Waals surface area contributed by atoms with E-state index in [1.807, 2.05) is 0 Å². The van der Waals surface area contributed by atoms with Crippen molar-refractivity contribution in [3.05, 3.63) is 5.01 Å². The monoisotopic (exact) mass is 186 g/mol. The number of hydrogen-bond donors (Lipinski definition) is 0. The average molecular weight is 186 g/mol. The summed E-state index contributed by atoms with van der Waals surface area (Å²) in [5.41, 5.74) is -0.561. The highest BCUT2D eigenvalue weighted by Crippen LogP contribution is 2.27. The van der Waals surface area contributed by atoms with Crippen molar-refractivity contribution < 1.29 is 9.53 Å². The molecule has 0 bridgehead atoms. The minimum absolute atomic E-state index is 0.486. The number of nitrogens with zero attached hydrogens (tertiary/aromatic N) is 2. The highest BCUT2D eigenvalue weighted by atomic mass is 32.1. The standard InChI is InChI=1S/C7H10N2O2S/c1-7(2,4-10)5-8-9-6(11-3)12-5/h4H,1-3H3. The van der Waals surface area contributed by atoms with Gasteiger partial charge < -0.3 is 9.53 Å². The molecule has 12 heavy (non-hydrogen) atoms. The van der Waals surface area contributed by atoms with Crippen molar-refractivity contribution in [2.75, 3.05) is 7.11 Å². The quantitative estimate of drug-likeness (QED) is 0.661. The van der Waals surface area contributed by atoms with E-state index in [0.29, 0.717) is 10.2 Å². The Labute approximate surface area is 74.6 Å². The normalized spacial score (nSPS) is 11.2. The lowest BCUT2D eigenvalue weighted by atomic mass is 9.97. The van der Waals surface area contributed by atoms with Crippen molar-refractivity contribution in [3.63, 3.8) is 0 Å². The van der Waals surface area contributed by atoms with Gasteiger partial charge >= 0.3 is 0 Å². The van der Waals surface area contributed by atoms with Crippen LogP contribution in [0.5, 0.6) is 5.19 Å². The van der Waals surface area contributed by atoms with Gasteiger partial charge in [0.2, 0.25) is 0 Å². The third-order valence-corrected chi connectivity index (χ3v) is 2.65. The minimum atomic E-state index is -0.561. The molecule has 1 aromatic heterocycles. The summed E-state index contributed by atoms with van der Waals surface area (Å²) >= 11 is 1.29. The molecule has 0 unspecified atom stereocenters. The first-order chi connectivity index (χ1) is 5.60. The number of methoxy groups -OCH3 is 1. The van der Waals surface area contributed by atoms with Crippen molar-refractivity contribution in [2.24, 2.45) is 0 Å². The fourth-order valence-electron chi connectivity index (χ4n) is 0.603. The minimum Gasteiger partial charge on any atom is -0.472 e. The highest BCUT2D eigenvalue weighted by molar-refractivity contribution is 7.13. The van der Waals surface area contributed by atoms with Crippen LogP contribution >= 0.6 is 11.3 Å². The number of aldehydes is 1. The Morgan fingerprint density at radius 2 is 2.17 bits per heavy atom. The topological polar surface area (TPSA) is 52.1 Å². The molecule has 0 aliphatic carbocycles. The molecule has 1 rings (SSSR count). The van der Waals surface area contributed by atoms with Crippen LogP contribution in [0.4, 0.5) is 0 Å². The summed E-state index contributed by atoms with van der Waals surface area (Å²) < 4.78 is 4.86. The van der Waals surface area contributed by atoms with E-state index in [0.717, 1.165) is 6.29 Å². The molecule has 0 amide bonds. The lowest BCUT2D eigenvalue weighted by Crippen LogP contribution is -2.18. The fourth-order valence-corrected chi connectivity index (χ4v) is 1.33. The molecule has 0 N–H and O–H groups in total. The van der Waals surface area contributed by atoms with Crippen LogP contribution in [0.3, 0.4) is 0 Å². The molecule has 0 aliphatic heterocycles. The number of ether oxygens (including phenoxy) is 1. The van der Waals surface area contributed by atoms with E-state index in [2.05, 4.69) is 10.2 Å². The molecule has 5 heteroatoms. The zero-order valence-electron chi connectivity index (χ0n) is 7.20. The van der Waals surface area contributed by atoms with Crippen LogP contribution in [0.25, 0.3) is 0 Å². The maximum atomic E-state index is 10.6. The fraction of sp³-hybridized carbons (Fsp3) is 0.571. The largest absolute Gasteiger partial charge is 0.472 e. The van der Waals surface area contributed by atoms with Crippen LogP contribution in [0.1, 0.15) is 18.9 Å². The molecule has 4 nitrogen and oxygen atoms in total. The molecule has 1 aromatic rings. The SMILES string of the molecule is COc1nnc(C(C)(C)C=O)s1. The Hall–Kier alpha value is -0.970. The van der Waals surface area contributed by atoms with E-state index in [4.69, 9.17) is 4.74 Å². The number of carbonyl (C=O) groups excluding carboxylic acids is 1. The lowest BCUT2D eigenvalue weighted by Gasteiger charge is -2.10. The van der Waals surface area contributed by atoms with Gasteiger partial charge in [0.15, 0.2) is 0 Å². The lowest BCUT2D eigenvalue weighted by molar-refractivity contribution is -0.111. The zero-order valence-corrected chi connectivity index (χ0v) is 8.01. The first-order valence-electron chi connectivity index (χ1n) is 3.44. The molecular formula is C7H10N2O2S. The Balaban J connectivity index is 2.95. The van der Waals surface area contributed by atoms with Gasteiger partial charge in [0.25, 0.3) is 5.19 Å². The average Bonchev–Trinajstić information content (AvgIpc) is 2.52. The molecule has 0 saturated carbocycles. The van der Waals surface area contributed by atoms with E-state index in [9.17, 15) is 4.79 Å². The van der Waals surface area contributed by atoms with Gasteiger partial charge in [-0.05, 0) is 13.8 Å². The van der Waals surface area contributed by atoms with Crippen LogP contribution in [-0.2, 0) is 10.2 Å². The summed E-state index contributed by atoms with van der Waals surface area (Å²) in [6, 6.07) is 0. The summed E-state index contributed by atoms with van der Waals surface area (Å²) in [6.07, 6.45) is 0.854. The van der Waals surface area contributed by atoms with Gasteiger partial charge in [-0.1, -0.05) is 11.3 Å². The van der Waals surface area contributed by atoms with Crippen LogP contribution in [0, 0.1) is 0 Å². The van der Waals surface area contributed by atoms with Crippen molar-refractivity contribution in [1.82, 2.24) is 10.2 Å². The molecule has 1 heterocycles. The second kappa shape index (κ2) is 3.18. The van der Waals surface area contributed by atoms with Gasteiger partial charge in [-0.15, -0.1) is 10.2 Å². The van der Waals surface area contributed by atoms with E-state index in [-0.39, 0.29) is 0 Å². The maximum Gasteiger partial charge on any atom is 0.293 e. The first-order valence-corrected chi connectivity index (χ1v) is 4.26. The summed E-state index contributed by atoms with van der Waals surface area (Å²) in [5.74, 6) is 0. The highest BCUT2D eigenvalue weighted by Gasteiger charge is 2.24. The Morgan fingerprint density at radius 1 is 1.50 bits per heavy atom. The second-order valence-corrected chi connectivity index (χ2v) is 3.86. The van der Waals surface area contributed by atoms with Gasteiger partial charge in [-0.25, -0.2) is 0 Å². The number of rotatable bonds is 3. The van der Waals surface area contributed by atoms with Gasteiger partial charge in [0, 0.05) is 0 Å². The van der Waals surface area contributed by atoms with E-state index in [1.54, 1.807) is 13.8 Å². The Bertz CT molecular complexity index is 283. The van der Waals surface area contributed by atoms with Crippen molar-refractivity contribution in [3.8, 4) is 5.19 Å². The maximum absolute atomic E-state index is 10.6. The summed E-state index contributed by atoms with van der Waals surface area (Å²) in [7, 11) is 1.53. The van der Waals surface area contributed by atoms with Gasteiger partial charge in [0.05, 0.1) is 12.5 Å². The molecular weight excluding hydrogens is 176 g/mol. The third kappa shape index (κ3) is 1.61. The predicted octanol–water partition coefficient (Wildman–Crippen LogP) is 1.02. The summed E-state index contributed by atoms with van der Waals surface area (Å²) in [4.78, 5) is 10.6. The smallest absolute Gasteiger partial charge is 0.293 e. The molecule has 0 spiro atoms.